The summed E-state index contributed by atoms with van der Waals surface area (Å²) < 4.78 is 24.7. The number of aryl methyl sites for hydroxylation is 1. The van der Waals surface area contributed by atoms with Gasteiger partial charge in [0.2, 0.25) is 0 Å². The Labute approximate surface area is 154 Å². The fourth-order valence-electron chi connectivity index (χ4n) is 2.35. The standard InChI is InChI=1S/C18H23FO5.C2H6/c1-6-12(18(21)22)9-14(20)11(3)7-13-10(2)8-15(23-4)17(24-5)16(13)19;1-2/h7-8,12H,6,9H2,1-5H3,(H,21,22);1-2H3/b11-7+;. The number of hydrogen-bond donors (Lipinski definition) is 1. The maximum atomic E-state index is 14.6. The lowest BCUT2D eigenvalue weighted by Gasteiger charge is -2.14. The summed E-state index contributed by atoms with van der Waals surface area (Å²) in [6, 6.07) is 1.62. The Morgan fingerprint density at radius 1 is 1.27 bits per heavy atom. The van der Waals surface area contributed by atoms with Crippen LogP contribution < -0.4 is 9.47 Å². The minimum Gasteiger partial charge on any atom is -0.493 e. The zero-order chi connectivity index (χ0) is 20.4. The van der Waals surface area contributed by atoms with E-state index in [0.717, 1.165) is 0 Å². The molecule has 1 aromatic carbocycles. The molecule has 0 fully saturated rings. The number of halogens is 1. The van der Waals surface area contributed by atoms with E-state index in [4.69, 9.17) is 14.6 Å². The van der Waals surface area contributed by atoms with Gasteiger partial charge in [-0.3, -0.25) is 9.59 Å². The van der Waals surface area contributed by atoms with E-state index >= 15 is 0 Å². The van der Waals surface area contributed by atoms with Gasteiger partial charge in [-0.1, -0.05) is 20.8 Å². The predicted octanol–water partition coefficient (Wildman–Crippen LogP) is 4.65. The second-order valence-corrected chi connectivity index (χ2v) is 5.55. The quantitative estimate of drug-likeness (QED) is 0.676. The van der Waals surface area contributed by atoms with Crippen LogP contribution in [0.15, 0.2) is 11.6 Å². The van der Waals surface area contributed by atoms with Gasteiger partial charge in [0.05, 0.1) is 20.1 Å². The molecule has 146 valence electrons. The Morgan fingerprint density at radius 2 is 1.85 bits per heavy atom. The maximum absolute atomic E-state index is 14.6. The van der Waals surface area contributed by atoms with Gasteiger partial charge >= 0.3 is 5.97 Å². The number of ketones is 1. The number of Topliss-reactive ketones (excluding diaryl/α,β-unsaturated/α-hetero) is 1. The van der Waals surface area contributed by atoms with E-state index in [9.17, 15) is 14.0 Å². The second-order valence-electron chi connectivity index (χ2n) is 5.55. The van der Waals surface area contributed by atoms with Gasteiger partial charge in [-0.25, -0.2) is 4.39 Å². The second kappa shape index (κ2) is 11.3. The minimum absolute atomic E-state index is 0.0356. The van der Waals surface area contributed by atoms with Crippen molar-refractivity contribution in [1.82, 2.24) is 0 Å². The van der Waals surface area contributed by atoms with Gasteiger partial charge in [0.1, 0.15) is 0 Å². The van der Waals surface area contributed by atoms with Gasteiger partial charge in [0.15, 0.2) is 23.1 Å². The van der Waals surface area contributed by atoms with Crippen molar-refractivity contribution in [3.8, 4) is 11.5 Å². The first kappa shape index (κ1) is 23.6. The zero-order valence-corrected chi connectivity index (χ0v) is 16.6. The summed E-state index contributed by atoms with van der Waals surface area (Å²) in [6.07, 6.45) is 1.67. The largest absolute Gasteiger partial charge is 0.493 e. The Hall–Kier alpha value is -2.37. The lowest BCUT2D eigenvalue weighted by Crippen LogP contribution is -2.17. The van der Waals surface area contributed by atoms with Gasteiger partial charge in [0, 0.05) is 12.0 Å². The Balaban J connectivity index is 0.00000301. The van der Waals surface area contributed by atoms with E-state index in [1.54, 1.807) is 26.8 Å². The third kappa shape index (κ3) is 5.86. The summed E-state index contributed by atoms with van der Waals surface area (Å²) in [7, 11) is 2.75. The number of benzene rings is 1. The number of rotatable bonds is 8. The number of hydrogen-bond acceptors (Lipinski definition) is 4. The molecule has 0 aromatic heterocycles. The van der Waals surface area contributed by atoms with Crippen molar-refractivity contribution in [2.45, 2.75) is 47.5 Å². The Morgan fingerprint density at radius 3 is 2.27 bits per heavy atom. The fourth-order valence-corrected chi connectivity index (χ4v) is 2.35. The highest BCUT2D eigenvalue weighted by molar-refractivity contribution is 6.00. The maximum Gasteiger partial charge on any atom is 0.306 e. The van der Waals surface area contributed by atoms with Crippen LogP contribution in [0.4, 0.5) is 4.39 Å². The number of aliphatic carboxylic acids is 1. The van der Waals surface area contributed by atoms with Crippen LogP contribution in [-0.2, 0) is 9.59 Å². The number of allylic oxidation sites excluding steroid dienone is 1. The van der Waals surface area contributed by atoms with E-state index < -0.39 is 17.7 Å². The molecule has 6 heteroatoms. The third-order valence-corrected chi connectivity index (χ3v) is 3.93. The summed E-state index contributed by atoms with van der Waals surface area (Å²) in [6.45, 7) is 8.95. The molecule has 0 spiro atoms. The molecule has 5 nitrogen and oxygen atoms in total. The van der Waals surface area contributed by atoms with Crippen LogP contribution in [0, 0.1) is 18.7 Å². The highest BCUT2D eigenvalue weighted by Crippen LogP contribution is 2.35. The van der Waals surface area contributed by atoms with Crippen molar-refractivity contribution >= 4 is 17.8 Å². The predicted molar refractivity (Wildman–Crippen MR) is 100 cm³/mol. The summed E-state index contributed by atoms with van der Waals surface area (Å²) in [4.78, 5) is 23.3. The van der Waals surface area contributed by atoms with Crippen LogP contribution in [0.1, 0.15) is 51.7 Å². The summed E-state index contributed by atoms with van der Waals surface area (Å²) in [5.41, 5.74) is 1.10. The lowest BCUT2D eigenvalue weighted by molar-refractivity contribution is -0.143. The minimum atomic E-state index is -1.01. The monoisotopic (exact) mass is 368 g/mol. The van der Waals surface area contributed by atoms with Crippen LogP contribution in [-0.4, -0.2) is 31.1 Å². The van der Waals surface area contributed by atoms with Crippen LogP contribution in [0.2, 0.25) is 0 Å². The van der Waals surface area contributed by atoms with Gasteiger partial charge in [0.25, 0.3) is 0 Å². The number of carbonyl (C=O) groups is 2. The normalized spacial score (nSPS) is 11.9. The molecule has 0 heterocycles. The molecule has 26 heavy (non-hydrogen) atoms. The molecule has 1 aromatic rings. The van der Waals surface area contributed by atoms with Crippen molar-refractivity contribution in [3.63, 3.8) is 0 Å². The van der Waals surface area contributed by atoms with Crippen LogP contribution in [0.3, 0.4) is 0 Å². The highest BCUT2D eigenvalue weighted by Gasteiger charge is 2.21. The number of carboxylic acid groups (broad SMARTS) is 1. The van der Waals surface area contributed by atoms with Crippen molar-refractivity contribution in [2.24, 2.45) is 5.92 Å². The summed E-state index contributed by atoms with van der Waals surface area (Å²) in [5.74, 6) is -2.45. The van der Waals surface area contributed by atoms with Gasteiger partial charge in [-0.15, -0.1) is 0 Å². The van der Waals surface area contributed by atoms with Crippen molar-refractivity contribution in [2.75, 3.05) is 14.2 Å². The first-order valence-electron chi connectivity index (χ1n) is 8.62. The molecule has 0 aliphatic carbocycles. The van der Waals surface area contributed by atoms with Crippen LogP contribution in [0.5, 0.6) is 11.5 Å². The average Bonchev–Trinajstić information content (AvgIpc) is 2.63. The first-order chi connectivity index (χ1) is 12.3. The van der Waals surface area contributed by atoms with E-state index in [1.165, 1.54) is 20.3 Å². The van der Waals surface area contributed by atoms with Crippen molar-refractivity contribution in [1.29, 1.82) is 0 Å². The Kier molecular flexibility index (Phi) is 10.3. The number of methoxy groups -OCH3 is 2. The fraction of sp³-hybridized carbons (Fsp3) is 0.500. The SMILES string of the molecule is CC.CCC(CC(=O)/C(C)=C/c1c(C)cc(OC)c(OC)c1F)C(=O)O. The molecule has 1 unspecified atom stereocenters. The van der Waals surface area contributed by atoms with E-state index in [-0.39, 0.29) is 29.3 Å². The van der Waals surface area contributed by atoms with E-state index in [0.29, 0.717) is 17.6 Å². The molecule has 0 bridgehead atoms. The number of carboxylic acids is 1. The van der Waals surface area contributed by atoms with Crippen LogP contribution >= 0.6 is 0 Å². The number of ether oxygens (including phenoxy) is 2. The summed E-state index contributed by atoms with van der Waals surface area (Å²) in [5, 5.41) is 9.05. The number of carbonyl (C=O) groups excluding carboxylic acids is 1. The van der Waals surface area contributed by atoms with Gasteiger partial charge in [-0.05, 0) is 43.5 Å². The average molecular weight is 368 g/mol. The van der Waals surface area contributed by atoms with Gasteiger partial charge in [-0.2, -0.15) is 0 Å². The molecule has 1 rings (SSSR count). The zero-order valence-electron chi connectivity index (χ0n) is 16.6. The summed E-state index contributed by atoms with van der Waals surface area (Å²) >= 11 is 0. The molecule has 0 amide bonds. The topological polar surface area (TPSA) is 72.8 Å². The van der Waals surface area contributed by atoms with E-state index in [1.807, 2.05) is 13.8 Å². The molecule has 0 saturated heterocycles. The molecule has 1 atom stereocenters. The first-order valence-corrected chi connectivity index (χ1v) is 8.62. The molecule has 0 aliphatic heterocycles. The molecular weight excluding hydrogens is 339 g/mol. The van der Waals surface area contributed by atoms with E-state index in [2.05, 4.69) is 0 Å². The smallest absolute Gasteiger partial charge is 0.306 e. The molecule has 0 saturated carbocycles. The highest BCUT2D eigenvalue weighted by atomic mass is 19.1. The van der Waals surface area contributed by atoms with Crippen LogP contribution in [0.25, 0.3) is 6.08 Å². The lowest BCUT2D eigenvalue weighted by atomic mass is 9.95. The van der Waals surface area contributed by atoms with Crippen molar-refractivity contribution in [3.05, 3.63) is 28.6 Å². The molecule has 0 aliphatic rings. The molecule has 0 radical (unpaired) electrons. The molecule has 1 N–H and O–H groups in total. The van der Waals surface area contributed by atoms with Gasteiger partial charge < -0.3 is 14.6 Å². The Bertz CT molecular complexity index is 665. The molecular formula is C20H29FO5. The van der Waals surface area contributed by atoms with Crippen molar-refractivity contribution < 1.29 is 28.6 Å². The third-order valence-electron chi connectivity index (χ3n) is 3.93.